The maximum Gasteiger partial charge on any atom is 0.417 e. The molecule has 9 nitrogen and oxygen atoms in total. The summed E-state index contributed by atoms with van der Waals surface area (Å²) in [5.41, 5.74) is 7.75. The molecule has 6 rings (SSSR count). The molecular formula is C26H21F4N7O2. The van der Waals surface area contributed by atoms with Crippen molar-refractivity contribution < 1.29 is 27.1 Å². The van der Waals surface area contributed by atoms with Crippen LogP contribution in [0.15, 0.2) is 48.9 Å². The van der Waals surface area contributed by atoms with Crippen LogP contribution in [-0.2, 0) is 31.1 Å². The molecule has 1 aromatic carbocycles. The van der Waals surface area contributed by atoms with Crippen LogP contribution in [0.25, 0.3) is 16.6 Å². The lowest BCUT2D eigenvalue weighted by Crippen LogP contribution is -2.30. The maximum absolute atomic E-state index is 15.3. The number of aryl methyl sites for hydroxylation is 1. The number of carbonyl (C=O) groups is 1. The van der Waals surface area contributed by atoms with Crippen LogP contribution in [0.1, 0.15) is 45.8 Å². The summed E-state index contributed by atoms with van der Waals surface area (Å²) in [6.45, 7) is 1.83. The first-order valence-electron chi connectivity index (χ1n) is 11.9. The Morgan fingerprint density at radius 2 is 2.00 bits per heavy atom. The van der Waals surface area contributed by atoms with E-state index in [0.29, 0.717) is 35.2 Å². The molecule has 0 aliphatic carbocycles. The van der Waals surface area contributed by atoms with E-state index in [2.05, 4.69) is 15.1 Å². The first kappa shape index (κ1) is 24.8. The number of hydrogen-bond acceptors (Lipinski definition) is 6. The molecule has 0 saturated heterocycles. The van der Waals surface area contributed by atoms with Crippen LogP contribution in [0.4, 0.5) is 29.1 Å². The number of imidazole rings is 1. The van der Waals surface area contributed by atoms with Crippen LogP contribution in [0.3, 0.4) is 0 Å². The number of nitrogens with zero attached hydrogens (tertiary/aromatic N) is 6. The topological polar surface area (TPSA) is 104 Å². The van der Waals surface area contributed by atoms with Gasteiger partial charge < -0.3 is 10.5 Å². The lowest BCUT2D eigenvalue weighted by Gasteiger charge is -2.21. The number of aromatic nitrogens is 5. The van der Waals surface area contributed by atoms with Crippen molar-refractivity contribution in [1.29, 1.82) is 0 Å². The second kappa shape index (κ2) is 8.76. The Balaban J connectivity index is 1.42. The lowest BCUT2D eigenvalue weighted by atomic mass is 10.00. The van der Waals surface area contributed by atoms with Crippen molar-refractivity contribution in [3.05, 3.63) is 82.8 Å². The van der Waals surface area contributed by atoms with E-state index in [1.54, 1.807) is 31.4 Å². The molecule has 1 unspecified atom stereocenters. The highest BCUT2D eigenvalue weighted by atomic mass is 19.4. The molecule has 1 atom stereocenters. The predicted octanol–water partition coefficient (Wildman–Crippen LogP) is 4.79. The average molecular weight is 539 g/mol. The van der Waals surface area contributed by atoms with Crippen molar-refractivity contribution in [1.82, 2.24) is 24.1 Å². The molecule has 1 aliphatic heterocycles. The van der Waals surface area contributed by atoms with Crippen molar-refractivity contribution >= 4 is 34.0 Å². The molecule has 0 bridgehead atoms. The fourth-order valence-electron chi connectivity index (χ4n) is 4.87. The van der Waals surface area contributed by atoms with Crippen LogP contribution >= 0.6 is 0 Å². The molecule has 200 valence electrons. The highest BCUT2D eigenvalue weighted by Crippen LogP contribution is 2.38. The van der Waals surface area contributed by atoms with Gasteiger partial charge in [0.05, 0.1) is 42.2 Å². The van der Waals surface area contributed by atoms with Gasteiger partial charge in [-0.25, -0.2) is 9.97 Å². The number of anilines is 2. The summed E-state index contributed by atoms with van der Waals surface area (Å²) in [6.07, 6.45) is -1.24. The first-order valence-corrected chi connectivity index (χ1v) is 11.9. The Hall–Kier alpha value is -4.52. The summed E-state index contributed by atoms with van der Waals surface area (Å²) in [6, 6.07) is 6.85. The highest BCUT2D eigenvalue weighted by Gasteiger charge is 2.32. The molecule has 1 amide bonds. The number of ether oxygens (including phenoxy) is 1. The minimum Gasteiger partial charge on any atom is -0.383 e. The van der Waals surface area contributed by atoms with Crippen molar-refractivity contribution in [3.8, 4) is 0 Å². The minimum absolute atomic E-state index is 0.0202. The molecule has 2 N–H and O–H groups in total. The van der Waals surface area contributed by atoms with E-state index in [1.807, 2.05) is 6.92 Å². The number of halogens is 4. The smallest absolute Gasteiger partial charge is 0.383 e. The number of amides is 1. The molecule has 13 heteroatoms. The fourth-order valence-corrected chi connectivity index (χ4v) is 4.87. The number of nitrogen functional groups attached to an aromatic ring is 1. The van der Waals surface area contributed by atoms with Crippen molar-refractivity contribution in [3.63, 3.8) is 0 Å². The van der Waals surface area contributed by atoms with Crippen LogP contribution < -0.4 is 10.6 Å². The fraction of sp³-hybridized carbons (Fsp3) is 0.231. The normalized spacial score (nSPS) is 15.3. The van der Waals surface area contributed by atoms with Gasteiger partial charge in [-0.3, -0.25) is 18.8 Å². The van der Waals surface area contributed by atoms with Gasteiger partial charge in [-0.05, 0) is 42.8 Å². The van der Waals surface area contributed by atoms with Gasteiger partial charge in [0.2, 0.25) is 5.95 Å². The zero-order valence-corrected chi connectivity index (χ0v) is 20.7. The second-order valence-electron chi connectivity index (χ2n) is 9.33. The van der Waals surface area contributed by atoms with Gasteiger partial charge in [-0.15, -0.1) is 0 Å². The zero-order valence-electron chi connectivity index (χ0n) is 20.7. The summed E-state index contributed by atoms with van der Waals surface area (Å²) in [5.74, 6) is -1.12. The number of rotatable bonds is 4. The van der Waals surface area contributed by atoms with Gasteiger partial charge in [0.25, 0.3) is 5.91 Å². The van der Waals surface area contributed by atoms with Crippen molar-refractivity contribution in [2.75, 3.05) is 10.6 Å². The number of benzene rings is 1. The SMILES string of the molecule is CC1OCc2c1c(N)nc1ccc(C(=O)N(Cc3nc4ccc(C(F)(F)F)cn4c3F)c3cnn(C)c3)cc21. The quantitative estimate of drug-likeness (QED) is 0.330. The molecular weight excluding hydrogens is 518 g/mol. The third-order valence-corrected chi connectivity index (χ3v) is 6.80. The number of hydrogen-bond donors (Lipinski definition) is 1. The van der Waals surface area contributed by atoms with E-state index in [4.69, 9.17) is 10.5 Å². The van der Waals surface area contributed by atoms with Crippen LogP contribution in [0, 0.1) is 5.95 Å². The number of fused-ring (bicyclic) bond motifs is 4. The molecule has 5 aromatic rings. The van der Waals surface area contributed by atoms with Crippen molar-refractivity contribution in [2.24, 2.45) is 7.05 Å². The highest BCUT2D eigenvalue weighted by molar-refractivity contribution is 6.08. The van der Waals surface area contributed by atoms with Gasteiger partial charge in [-0.1, -0.05) is 0 Å². The Morgan fingerprint density at radius 1 is 1.21 bits per heavy atom. The van der Waals surface area contributed by atoms with Crippen LogP contribution in [-0.4, -0.2) is 30.1 Å². The molecule has 39 heavy (non-hydrogen) atoms. The van der Waals surface area contributed by atoms with Gasteiger partial charge >= 0.3 is 6.18 Å². The Bertz CT molecular complexity index is 1780. The third-order valence-electron chi connectivity index (χ3n) is 6.80. The monoisotopic (exact) mass is 539 g/mol. The summed E-state index contributed by atoms with van der Waals surface area (Å²) < 4.78 is 62.8. The average Bonchev–Trinajstić information content (AvgIpc) is 3.59. The number of pyridine rings is 2. The molecule has 4 aromatic heterocycles. The molecule has 0 radical (unpaired) electrons. The van der Waals surface area contributed by atoms with E-state index >= 15 is 4.39 Å². The lowest BCUT2D eigenvalue weighted by molar-refractivity contribution is -0.137. The van der Waals surface area contributed by atoms with E-state index in [0.717, 1.165) is 27.7 Å². The van der Waals surface area contributed by atoms with Gasteiger partial charge in [0.15, 0.2) is 0 Å². The number of carbonyl (C=O) groups excluding carboxylic acids is 1. The zero-order chi connectivity index (χ0) is 27.6. The first-order chi connectivity index (χ1) is 18.5. The van der Waals surface area contributed by atoms with Gasteiger partial charge in [0, 0.05) is 36.0 Å². The summed E-state index contributed by atoms with van der Waals surface area (Å²) in [7, 11) is 1.66. The molecule has 1 aliphatic rings. The maximum atomic E-state index is 15.3. The summed E-state index contributed by atoms with van der Waals surface area (Å²) in [5, 5.41) is 4.82. The minimum atomic E-state index is -4.65. The van der Waals surface area contributed by atoms with Crippen LogP contribution in [0.5, 0.6) is 0 Å². The Morgan fingerprint density at radius 3 is 2.72 bits per heavy atom. The van der Waals surface area contributed by atoms with Crippen molar-refractivity contribution in [2.45, 2.75) is 32.4 Å². The number of nitrogens with two attached hydrogens (primary N) is 1. The van der Waals surface area contributed by atoms with E-state index in [1.165, 1.54) is 15.8 Å². The van der Waals surface area contributed by atoms with Crippen LogP contribution in [0.2, 0.25) is 0 Å². The van der Waals surface area contributed by atoms with E-state index < -0.39 is 23.6 Å². The standard InChI is InChI=1S/C26H21F4N7O2/c1-13-22-18(12-39-13)17-7-14(3-5-19(17)34-24(22)31)25(38)36(16-8-32-35(2)10-16)11-20-23(27)37-9-15(26(28,29)30)4-6-21(37)33-20/h3-10,13H,11-12H2,1-2H3,(H2,31,34). The predicted molar refractivity (Wildman–Crippen MR) is 133 cm³/mol. The van der Waals surface area contributed by atoms with Gasteiger partial charge in [0.1, 0.15) is 17.2 Å². The Labute approximate surface area is 218 Å². The molecule has 0 saturated carbocycles. The Kier molecular flexibility index (Phi) is 5.57. The molecule has 5 heterocycles. The number of alkyl halides is 3. The molecule has 0 spiro atoms. The second-order valence-corrected chi connectivity index (χ2v) is 9.33. The third kappa shape index (κ3) is 4.14. The molecule has 0 fully saturated rings. The van der Waals surface area contributed by atoms with E-state index in [-0.39, 0.29) is 29.6 Å². The summed E-state index contributed by atoms with van der Waals surface area (Å²) in [4.78, 5) is 23.7. The van der Waals surface area contributed by atoms with E-state index in [9.17, 15) is 18.0 Å². The van der Waals surface area contributed by atoms with Gasteiger partial charge in [-0.2, -0.15) is 22.7 Å². The summed E-state index contributed by atoms with van der Waals surface area (Å²) >= 11 is 0. The largest absolute Gasteiger partial charge is 0.417 e.